The Hall–Kier alpha value is -2.44. The van der Waals surface area contributed by atoms with Gasteiger partial charge in [-0.3, -0.25) is 19.3 Å². The van der Waals surface area contributed by atoms with Gasteiger partial charge in [0.2, 0.25) is 5.91 Å². The summed E-state index contributed by atoms with van der Waals surface area (Å²) in [6.45, 7) is 0. The average Bonchev–Trinajstić information content (AvgIpc) is 2.58. The molecule has 0 saturated carbocycles. The van der Waals surface area contributed by atoms with Crippen LogP contribution in [0.3, 0.4) is 0 Å². The lowest BCUT2D eigenvalue weighted by Gasteiger charge is -2.10. The zero-order valence-electron chi connectivity index (χ0n) is 9.71. The molecule has 0 aromatic carbocycles. The van der Waals surface area contributed by atoms with Crippen LogP contribution in [0.15, 0.2) is 18.3 Å². The molecule has 3 N–H and O–H groups in total. The number of nitrogen functional groups attached to an aromatic ring is 1. The van der Waals surface area contributed by atoms with Gasteiger partial charge in [-0.1, -0.05) is 0 Å². The van der Waals surface area contributed by atoms with Crippen molar-refractivity contribution in [3.8, 4) is 0 Å². The zero-order chi connectivity index (χ0) is 13.3. The number of nitrogens with one attached hydrogen (secondary N) is 1. The lowest BCUT2D eigenvalue weighted by Crippen LogP contribution is -2.40. The van der Waals surface area contributed by atoms with Crippen LogP contribution in [0.5, 0.6) is 0 Å². The molecule has 0 aliphatic carbocycles. The predicted molar refractivity (Wildman–Crippen MR) is 62.3 cm³/mol. The number of likely N-dealkylation sites (tertiary alicyclic amines) is 1. The average molecular weight is 248 g/mol. The van der Waals surface area contributed by atoms with E-state index in [1.165, 1.54) is 25.4 Å². The van der Waals surface area contributed by atoms with Crippen LogP contribution in [-0.2, 0) is 9.59 Å². The number of hydrogen-bond donors (Lipinski definition) is 2. The molecule has 1 aromatic rings. The largest absolute Gasteiger partial charge is 0.397 e. The Kier molecular flexibility index (Phi) is 2.97. The lowest BCUT2D eigenvalue weighted by molar-refractivity contribution is -0.137. The number of hydrogen-bond acceptors (Lipinski definition) is 5. The molecular formula is C11H12N4O3. The maximum absolute atomic E-state index is 11.8. The number of carbonyl (C=O) groups excluding carboxylic acids is 3. The molecule has 2 rings (SSSR count). The molecule has 1 aromatic heterocycles. The number of pyridine rings is 1. The molecule has 0 radical (unpaired) electrons. The van der Waals surface area contributed by atoms with Crippen LogP contribution in [0.4, 0.5) is 5.69 Å². The summed E-state index contributed by atoms with van der Waals surface area (Å²) in [5.41, 5.74) is 6.04. The summed E-state index contributed by atoms with van der Waals surface area (Å²) in [6.07, 6.45) is 1.33. The topological polar surface area (TPSA) is 105 Å². The van der Waals surface area contributed by atoms with Gasteiger partial charge in [0, 0.05) is 7.05 Å². The standard InChI is InChI=1S/C11H12N4O3/c1-15-9(16)4-8(11(15)18)14-10(17)7-3-2-6(12)5-13-7/h2-3,5,8H,4,12H2,1H3,(H,14,17). The summed E-state index contributed by atoms with van der Waals surface area (Å²) >= 11 is 0. The van der Waals surface area contributed by atoms with Gasteiger partial charge in [-0.2, -0.15) is 0 Å². The van der Waals surface area contributed by atoms with Gasteiger partial charge in [-0.05, 0) is 12.1 Å². The molecule has 94 valence electrons. The van der Waals surface area contributed by atoms with Crippen molar-refractivity contribution >= 4 is 23.4 Å². The van der Waals surface area contributed by atoms with Crippen molar-refractivity contribution in [3.05, 3.63) is 24.0 Å². The molecule has 1 saturated heterocycles. The Labute approximate surface area is 103 Å². The summed E-state index contributed by atoms with van der Waals surface area (Å²) in [5.74, 6) is -1.23. The first-order chi connectivity index (χ1) is 8.49. The van der Waals surface area contributed by atoms with E-state index in [4.69, 9.17) is 5.73 Å². The van der Waals surface area contributed by atoms with Crippen LogP contribution in [-0.4, -0.2) is 40.7 Å². The molecule has 1 unspecified atom stereocenters. The minimum absolute atomic E-state index is 0.0178. The minimum Gasteiger partial charge on any atom is -0.397 e. The van der Waals surface area contributed by atoms with E-state index in [0.29, 0.717) is 5.69 Å². The minimum atomic E-state index is -0.811. The molecule has 0 spiro atoms. The maximum atomic E-state index is 11.8. The second-order valence-corrected chi connectivity index (χ2v) is 4.00. The van der Waals surface area contributed by atoms with Crippen LogP contribution in [0, 0.1) is 0 Å². The highest BCUT2D eigenvalue weighted by molar-refractivity contribution is 6.07. The number of amides is 3. The summed E-state index contributed by atoms with van der Waals surface area (Å²) in [5, 5.41) is 2.47. The molecule has 18 heavy (non-hydrogen) atoms. The van der Waals surface area contributed by atoms with Gasteiger partial charge in [-0.25, -0.2) is 4.98 Å². The summed E-state index contributed by atoms with van der Waals surface area (Å²) in [4.78, 5) is 39.5. The van der Waals surface area contributed by atoms with Crippen molar-refractivity contribution in [2.45, 2.75) is 12.5 Å². The first kappa shape index (κ1) is 12.0. The van der Waals surface area contributed by atoms with Crippen molar-refractivity contribution in [2.24, 2.45) is 0 Å². The number of imide groups is 1. The number of carbonyl (C=O) groups is 3. The van der Waals surface area contributed by atoms with Gasteiger partial charge in [0.25, 0.3) is 11.8 Å². The summed E-state index contributed by atoms with van der Waals surface area (Å²) in [7, 11) is 1.39. The summed E-state index contributed by atoms with van der Waals surface area (Å²) < 4.78 is 0. The third-order valence-electron chi connectivity index (χ3n) is 2.71. The number of rotatable bonds is 2. The van der Waals surface area contributed by atoms with E-state index in [1.54, 1.807) is 0 Å². The van der Waals surface area contributed by atoms with Crippen LogP contribution in [0.1, 0.15) is 16.9 Å². The normalized spacial score (nSPS) is 19.2. The highest BCUT2D eigenvalue weighted by Gasteiger charge is 2.37. The number of nitrogens with two attached hydrogens (primary N) is 1. The fraction of sp³-hybridized carbons (Fsp3) is 0.273. The molecule has 0 bridgehead atoms. The Morgan fingerprint density at radius 2 is 2.22 bits per heavy atom. The van der Waals surface area contributed by atoms with Gasteiger partial charge in [0.05, 0.1) is 18.3 Å². The van der Waals surface area contributed by atoms with E-state index >= 15 is 0 Å². The van der Waals surface area contributed by atoms with E-state index < -0.39 is 17.9 Å². The Balaban J connectivity index is 2.06. The van der Waals surface area contributed by atoms with Crippen LogP contribution >= 0.6 is 0 Å². The zero-order valence-corrected chi connectivity index (χ0v) is 9.71. The Morgan fingerprint density at radius 3 is 2.72 bits per heavy atom. The van der Waals surface area contributed by atoms with Crippen LogP contribution < -0.4 is 11.1 Å². The van der Waals surface area contributed by atoms with Gasteiger partial charge in [-0.15, -0.1) is 0 Å². The molecule has 1 fully saturated rings. The molecular weight excluding hydrogens is 236 g/mol. The van der Waals surface area contributed by atoms with Gasteiger partial charge < -0.3 is 11.1 Å². The van der Waals surface area contributed by atoms with Crippen LogP contribution in [0.2, 0.25) is 0 Å². The first-order valence-corrected chi connectivity index (χ1v) is 5.32. The van der Waals surface area contributed by atoms with Crippen molar-refractivity contribution in [1.29, 1.82) is 0 Å². The van der Waals surface area contributed by atoms with E-state index in [0.717, 1.165) is 4.90 Å². The van der Waals surface area contributed by atoms with Crippen molar-refractivity contribution in [3.63, 3.8) is 0 Å². The molecule has 1 atom stereocenters. The Morgan fingerprint density at radius 1 is 1.50 bits per heavy atom. The number of aromatic nitrogens is 1. The third-order valence-corrected chi connectivity index (χ3v) is 2.71. The predicted octanol–water partition coefficient (Wildman–Crippen LogP) is -0.849. The fourth-order valence-electron chi connectivity index (χ4n) is 1.64. The highest BCUT2D eigenvalue weighted by atomic mass is 16.2. The molecule has 1 aliphatic heterocycles. The lowest BCUT2D eigenvalue weighted by atomic mass is 10.2. The second kappa shape index (κ2) is 4.44. The second-order valence-electron chi connectivity index (χ2n) is 4.00. The smallest absolute Gasteiger partial charge is 0.270 e. The third kappa shape index (κ3) is 2.15. The van der Waals surface area contributed by atoms with Gasteiger partial charge >= 0.3 is 0 Å². The molecule has 3 amide bonds. The molecule has 2 heterocycles. The van der Waals surface area contributed by atoms with Crippen molar-refractivity contribution < 1.29 is 14.4 Å². The van der Waals surface area contributed by atoms with E-state index in [2.05, 4.69) is 10.3 Å². The highest BCUT2D eigenvalue weighted by Crippen LogP contribution is 2.11. The molecule has 7 nitrogen and oxygen atoms in total. The van der Waals surface area contributed by atoms with Gasteiger partial charge in [0.1, 0.15) is 11.7 Å². The molecule has 1 aliphatic rings. The van der Waals surface area contributed by atoms with Gasteiger partial charge in [0.15, 0.2) is 0 Å². The van der Waals surface area contributed by atoms with Crippen LogP contribution in [0.25, 0.3) is 0 Å². The number of nitrogens with zero attached hydrogens (tertiary/aromatic N) is 2. The number of anilines is 1. The van der Waals surface area contributed by atoms with Crippen molar-refractivity contribution in [2.75, 3.05) is 12.8 Å². The molecule has 7 heteroatoms. The maximum Gasteiger partial charge on any atom is 0.270 e. The van der Waals surface area contributed by atoms with Crippen molar-refractivity contribution in [1.82, 2.24) is 15.2 Å². The van der Waals surface area contributed by atoms with E-state index in [-0.39, 0.29) is 18.0 Å². The van der Waals surface area contributed by atoms with E-state index in [9.17, 15) is 14.4 Å². The Bertz CT molecular complexity index is 512. The quantitative estimate of drug-likeness (QED) is 0.663. The fourth-order valence-corrected chi connectivity index (χ4v) is 1.64. The number of likely N-dealkylation sites (N-methyl/N-ethyl adjacent to an activating group) is 1. The SMILES string of the molecule is CN1C(=O)CC(NC(=O)c2ccc(N)cn2)C1=O. The summed E-state index contributed by atoms with van der Waals surface area (Å²) in [6, 6.07) is 2.18. The van der Waals surface area contributed by atoms with E-state index in [1.807, 2.05) is 0 Å². The monoisotopic (exact) mass is 248 g/mol. The first-order valence-electron chi connectivity index (χ1n) is 5.32.